The predicted molar refractivity (Wildman–Crippen MR) is 90.6 cm³/mol. The lowest BCUT2D eigenvalue weighted by Crippen LogP contribution is -2.35. The molecule has 0 amide bonds. The Labute approximate surface area is 152 Å². The molecule has 0 aliphatic rings. The van der Waals surface area contributed by atoms with Gasteiger partial charge in [-0.2, -0.15) is 26.3 Å². The molecule has 0 radical (unpaired) electrons. The van der Waals surface area contributed by atoms with Crippen LogP contribution in [0.25, 0.3) is 0 Å². The monoisotopic (exact) mass is 390 g/mol. The predicted octanol–water partition coefficient (Wildman–Crippen LogP) is 5.46. The molecule has 0 aromatic heterocycles. The van der Waals surface area contributed by atoms with Gasteiger partial charge in [0.25, 0.3) is 0 Å². The van der Waals surface area contributed by atoms with Crippen molar-refractivity contribution in [3.05, 3.63) is 64.2 Å². The van der Waals surface area contributed by atoms with Crippen molar-refractivity contribution >= 4 is 11.5 Å². The van der Waals surface area contributed by atoms with Gasteiger partial charge in [-0.15, -0.1) is 0 Å². The fourth-order valence-corrected chi connectivity index (χ4v) is 2.80. The Morgan fingerprint density at radius 2 is 1.26 bits per heavy atom. The number of hydrogen-bond donors (Lipinski definition) is 0. The van der Waals surface area contributed by atoms with E-state index < -0.39 is 34.8 Å². The molecule has 2 nitrogen and oxygen atoms in total. The zero-order valence-corrected chi connectivity index (χ0v) is 15.1. The van der Waals surface area contributed by atoms with Crippen LogP contribution < -0.4 is 4.48 Å². The van der Waals surface area contributed by atoms with Gasteiger partial charge >= 0.3 is 12.4 Å². The maximum absolute atomic E-state index is 13.0. The van der Waals surface area contributed by atoms with Crippen LogP contribution in [0.3, 0.4) is 0 Å². The number of ketones is 1. The molecule has 2 rings (SSSR count). The standard InChI is InChI=1S/C19H18F6NO/c1-11-7-12(5-6-16(11)26(2,3)4)17(27)13-8-14(18(20,21)22)10-15(9-13)19(23,24)25/h5-10H,1-4H3/q+1. The van der Waals surface area contributed by atoms with Gasteiger partial charge in [-0.05, 0) is 37.3 Å². The average Bonchev–Trinajstić information content (AvgIpc) is 2.50. The molecule has 0 heterocycles. The van der Waals surface area contributed by atoms with Gasteiger partial charge in [-0.3, -0.25) is 9.28 Å². The van der Waals surface area contributed by atoms with Crippen LogP contribution in [0, 0.1) is 6.92 Å². The molecule has 2 aromatic rings. The number of benzene rings is 2. The lowest BCUT2D eigenvalue weighted by molar-refractivity contribution is -0.143. The van der Waals surface area contributed by atoms with Crippen LogP contribution in [0.5, 0.6) is 0 Å². The van der Waals surface area contributed by atoms with E-state index >= 15 is 0 Å². The van der Waals surface area contributed by atoms with Crippen molar-refractivity contribution in [2.45, 2.75) is 19.3 Å². The highest BCUT2D eigenvalue weighted by Crippen LogP contribution is 2.37. The third-order valence-corrected chi connectivity index (χ3v) is 4.03. The first-order chi connectivity index (χ1) is 12.1. The molecule has 0 N–H and O–H groups in total. The van der Waals surface area contributed by atoms with E-state index in [4.69, 9.17) is 0 Å². The average molecular weight is 390 g/mol. The second-order valence-electron chi connectivity index (χ2n) is 7.14. The van der Waals surface area contributed by atoms with Gasteiger partial charge in [0.1, 0.15) is 5.69 Å². The van der Waals surface area contributed by atoms with Gasteiger partial charge in [0, 0.05) is 22.8 Å². The van der Waals surface area contributed by atoms with E-state index in [2.05, 4.69) is 0 Å². The highest BCUT2D eigenvalue weighted by atomic mass is 19.4. The van der Waals surface area contributed by atoms with Crippen molar-refractivity contribution in [3.8, 4) is 0 Å². The van der Waals surface area contributed by atoms with Crippen molar-refractivity contribution in [1.29, 1.82) is 0 Å². The molecule has 2 aromatic carbocycles. The summed E-state index contributed by atoms with van der Waals surface area (Å²) >= 11 is 0. The van der Waals surface area contributed by atoms with Crippen LogP contribution in [0.15, 0.2) is 36.4 Å². The number of quaternary nitrogens is 1. The Balaban J connectivity index is 2.57. The second-order valence-corrected chi connectivity index (χ2v) is 7.14. The summed E-state index contributed by atoms with van der Waals surface area (Å²) < 4.78 is 78.3. The molecule has 0 atom stereocenters. The van der Waals surface area contributed by atoms with Crippen LogP contribution >= 0.6 is 0 Å². The Morgan fingerprint density at radius 1 is 0.778 bits per heavy atom. The number of aryl methyl sites for hydroxylation is 1. The summed E-state index contributed by atoms with van der Waals surface area (Å²) in [4.78, 5) is 12.6. The van der Waals surface area contributed by atoms with Gasteiger partial charge < -0.3 is 0 Å². The Hall–Kier alpha value is -2.35. The van der Waals surface area contributed by atoms with Crippen molar-refractivity contribution in [1.82, 2.24) is 4.48 Å². The molecule has 0 unspecified atom stereocenters. The fraction of sp³-hybridized carbons (Fsp3) is 0.316. The molecular weight excluding hydrogens is 372 g/mol. The maximum atomic E-state index is 13.0. The van der Waals surface area contributed by atoms with Gasteiger partial charge in [0.15, 0.2) is 5.78 Å². The van der Waals surface area contributed by atoms with Crippen LogP contribution in [0.4, 0.5) is 32.0 Å². The summed E-state index contributed by atoms with van der Waals surface area (Å²) in [5, 5.41) is 0. The molecule has 0 spiro atoms. The maximum Gasteiger partial charge on any atom is 0.416 e. The molecule has 27 heavy (non-hydrogen) atoms. The zero-order valence-electron chi connectivity index (χ0n) is 15.1. The van der Waals surface area contributed by atoms with E-state index in [1.165, 1.54) is 12.1 Å². The summed E-state index contributed by atoms with van der Waals surface area (Å²) in [6, 6.07) is 5.40. The minimum atomic E-state index is -5.00. The second kappa shape index (κ2) is 6.67. The van der Waals surface area contributed by atoms with Gasteiger partial charge in [-0.1, -0.05) is 0 Å². The zero-order chi connectivity index (χ0) is 20.8. The van der Waals surface area contributed by atoms with Crippen LogP contribution in [0.1, 0.15) is 32.6 Å². The van der Waals surface area contributed by atoms with Crippen molar-refractivity contribution in [3.63, 3.8) is 0 Å². The lowest BCUT2D eigenvalue weighted by atomic mass is 9.96. The molecule has 8 heteroatoms. The number of carbonyl (C=O) groups excluding carboxylic acids is 1. The highest BCUT2D eigenvalue weighted by molar-refractivity contribution is 6.09. The Kier molecular flexibility index (Phi) is 5.18. The molecule has 0 saturated carbocycles. The van der Waals surface area contributed by atoms with Crippen molar-refractivity contribution in [2.24, 2.45) is 0 Å². The van der Waals surface area contributed by atoms with E-state index in [1.54, 1.807) is 13.0 Å². The number of halogens is 6. The summed E-state index contributed by atoms with van der Waals surface area (Å²) in [5.74, 6) is -0.900. The summed E-state index contributed by atoms with van der Waals surface area (Å²) in [7, 11) is 5.69. The quantitative estimate of drug-likeness (QED) is 0.386. The minimum absolute atomic E-state index is 0.00219. The number of alkyl halides is 6. The normalized spacial score (nSPS) is 13.0. The topological polar surface area (TPSA) is 17.1 Å². The molecule has 0 aliphatic carbocycles. The first kappa shape index (κ1) is 21.0. The molecule has 0 aliphatic heterocycles. The van der Waals surface area contributed by atoms with Crippen LogP contribution in [0.2, 0.25) is 0 Å². The summed E-state index contributed by atoms with van der Waals surface area (Å²) in [6.07, 6.45) is -10.0. The van der Waals surface area contributed by atoms with E-state index in [9.17, 15) is 31.1 Å². The van der Waals surface area contributed by atoms with Crippen LogP contribution in [-0.4, -0.2) is 26.9 Å². The molecule has 0 fully saturated rings. The first-order valence-corrected chi connectivity index (χ1v) is 7.87. The SMILES string of the molecule is Cc1cc(C(=O)c2cc(C(F)(F)F)cc(C(F)(F)F)c2)ccc1[N+](C)(C)C. The fourth-order valence-electron chi connectivity index (χ4n) is 2.80. The summed E-state index contributed by atoms with van der Waals surface area (Å²) in [5.41, 5.74) is -2.09. The summed E-state index contributed by atoms with van der Waals surface area (Å²) in [6.45, 7) is 1.73. The smallest absolute Gasteiger partial charge is 0.298 e. The van der Waals surface area contributed by atoms with Crippen molar-refractivity contribution in [2.75, 3.05) is 21.1 Å². The largest absolute Gasteiger partial charge is 0.416 e. The number of rotatable bonds is 3. The number of hydrogen-bond acceptors (Lipinski definition) is 1. The highest BCUT2D eigenvalue weighted by Gasteiger charge is 2.37. The van der Waals surface area contributed by atoms with Crippen LogP contribution in [-0.2, 0) is 12.4 Å². The third-order valence-electron chi connectivity index (χ3n) is 4.03. The van der Waals surface area contributed by atoms with Crippen molar-refractivity contribution < 1.29 is 31.1 Å². The Bertz CT molecular complexity index is 843. The van der Waals surface area contributed by atoms with Gasteiger partial charge in [-0.25, -0.2) is 0 Å². The third kappa shape index (κ3) is 4.68. The Morgan fingerprint density at radius 3 is 1.63 bits per heavy atom. The van der Waals surface area contributed by atoms with E-state index in [-0.39, 0.29) is 11.6 Å². The lowest BCUT2D eigenvalue weighted by Gasteiger charge is -2.25. The first-order valence-electron chi connectivity index (χ1n) is 7.87. The van der Waals surface area contributed by atoms with E-state index in [0.717, 1.165) is 5.69 Å². The number of nitrogens with zero attached hydrogens (tertiary/aromatic N) is 1. The van der Waals surface area contributed by atoms with E-state index in [0.29, 0.717) is 22.2 Å². The number of carbonyl (C=O) groups is 1. The molecule has 0 saturated heterocycles. The molecule has 146 valence electrons. The van der Waals surface area contributed by atoms with Gasteiger partial charge in [0.05, 0.1) is 32.3 Å². The van der Waals surface area contributed by atoms with Gasteiger partial charge in [0.2, 0.25) is 0 Å². The van der Waals surface area contributed by atoms with E-state index in [1.807, 2.05) is 21.1 Å². The minimum Gasteiger partial charge on any atom is -0.298 e. The molecular formula is C19H18F6NO+. The molecule has 0 bridgehead atoms.